The highest BCUT2D eigenvalue weighted by atomic mass is 35.5. The minimum Gasteiger partial charge on any atom is -0.359 e. The van der Waals surface area contributed by atoms with Gasteiger partial charge in [0, 0.05) is 23.4 Å². The lowest BCUT2D eigenvalue weighted by Crippen LogP contribution is -1.79. The number of fused-ring (bicyclic) bond motifs is 1. The maximum atomic E-state index is 13.0. The molecule has 2 aromatic rings. The van der Waals surface area contributed by atoms with E-state index in [0.717, 1.165) is 5.39 Å². The fourth-order valence-corrected chi connectivity index (χ4v) is 1.51. The molecule has 2 rings (SSSR count). The molecule has 0 saturated heterocycles. The number of halogens is 3. The van der Waals surface area contributed by atoms with Crippen molar-refractivity contribution in [3.63, 3.8) is 0 Å². The molecule has 0 unspecified atom stereocenters. The summed E-state index contributed by atoms with van der Waals surface area (Å²) in [6.45, 7) is 0. The second-order valence-corrected chi connectivity index (χ2v) is 3.20. The number of anilines is 1. The first-order chi connectivity index (χ1) is 6.22. The van der Waals surface area contributed by atoms with Crippen LogP contribution in [-0.4, -0.2) is 4.98 Å². The summed E-state index contributed by atoms with van der Waals surface area (Å²) in [6.07, 6.45) is 1.65. The van der Waals surface area contributed by atoms with Crippen LogP contribution < -0.4 is 4.84 Å². The molecule has 0 aliphatic rings. The second-order valence-electron chi connectivity index (χ2n) is 2.61. The van der Waals surface area contributed by atoms with Crippen LogP contribution in [0.15, 0.2) is 18.3 Å². The second kappa shape index (κ2) is 3.09. The molecule has 1 aromatic heterocycles. The molecule has 0 amide bonds. The zero-order chi connectivity index (χ0) is 9.42. The predicted octanol–water partition coefficient (Wildman–Crippen LogP) is 3.53. The van der Waals surface area contributed by atoms with E-state index < -0.39 is 5.82 Å². The topological polar surface area (TPSA) is 27.8 Å². The van der Waals surface area contributed by atoms with Crippen molar-refractivity contribution in [1.29, 1.82) is 0 Å². The van der Waals surface area contributed by atoms with Gasteiger partial charge in [-0.3, -0.25) is 4.84 Å². The molecule has 2 N–H and O–H groups in total. The molecular weight excluding hydrogens is 214 g/mol. The molecule has 2 nitrogen and oxygen atoms in total. The third-order valence-corrected chi connectivity index (χ3v) is 2.32. The van der Waals surface area contributed by atoms with Crippen LogP contribution in [0.3, 0.4) is 0 Å². The number of hydrogen-bond acceptors (Lipinski definition) is 1. The highest BCUT2D eigenvalue weighted by Gasteiger charge is 2.06. The average Bonchev–Trinajstić information content (AvgIpc) is 2.48. The molecule has 0 fully saturated rings. The van der Waals surface area contributed by atoms with Gasteiger partial charge in [0.1, 0.15) is 5.82 Å². The summed E-state index contributed by atoms with van der Waals surface area (Å²) in [7, 11) is 0. The van der Waals surface area contributed by atoms with Gasteiger partial charge in [-0.2, -0.15) is 0 Å². The fourth-order valence-electron chi connectivity index (χ4n) is 1.19. The van der Waals surface area contributed by atoms with Crippen LogP contribution in [0.2, 0.25) is 5.02 Å². The van der Waals surface area contributed by atoms with E-state index >= 15 is 0 Å². The summed E-state index contributed by atoms with van der Waals surface area (Å²) in [5, 5.41) is 0.849. The zero-order valence-corrected chi connectivity index (χ0v) is 7.88. The van der Waals surface area contributed by atoms with Crippen molar-refractivity contribution in [1.82, 2.24) is 4.98 Å². The third kappa shape index (κ3) is 1.34. The third-order valence-electron chi connectivity index (χ3n) is 1.82. The van der Waals surface area contributed by atoms with Gasteiger partial charge >= 0.3 is 0 Å². The lowest BCUT2D eigenvalue weighted by atomic mass is 10.2. The lowest BCUT2D eigenvalue weighted by Gasteiger charge is -1.96. The van der Waals surface area contributed by atoms with Crippen molar-refractivity contribution < 1.29 is 4.39 Å². The molecule has 0 atom stereocenters. The minimum atomic E-state index is -0.447. The van der Waals surface area contributed by atoms with Crippen molar-refractivity contribution in [3.8, 4) is 0 Å². The van der Waals surface area contributed by atoms with Crippen molar-refractivity contribution >= 4 is 40.0 Å². The van der Waals surface area contributed by atoms with E-state index in [-0.39, 0.29) is 5.02 Å². The molecule has 0 aliphatic heterocycles. The molecule has 1 aromatic carbocycles. The van der Waals surface area contributed by atoms with E-state index in [1.54, 1.807) is 6.20 Å². The van der Waals surface area contributed by atoms with Crippen molar-refractivity contribution in [3.05, 3.63) is 29.2 Å². The molecular formula is C8H5Cl2FN2. The van der Waals surface area contributed by atoms with E-state index in [1.807, 2.05) is 0 Å². The van der Waals surface area contributed by atoms with Crippen molar-refractivity contribution in [2.75, 3.05) is 4.84 Å². The van der Waals surface area contributed by atoms with Crippen LogP contribution in [-0.2, 0) is 0 Å². The van der Waals surface area contributed by atoms with Crippen LogP contribution in [0.4, 0.5) is 10.1 Å². The Balaban J connectivity index is 2.77. The number of aromatic amines is 1. The van der Waals surface area contributed by atoms with E-state index in [1.165, 1.54) is 12.1 Å². The van der Waals surface area contributed by atoms with Crippen LogP contribution in [0.1, 0.15) is 0 Å². The van der Waals surface area contributed by atoms with Gasteiger partial charge in [-0.1, -0.05) is 11.6 Å². The van der Waals surface area contributed by atoms with Crippen LogP contribution in [0, 0.1) is 5.82 Å². The number of benzene rings is 1. The van der Waals surface area contributed by atoms with Gasteiger partial charge in [-0.25, -0.2) is 4.39 Å². The average molecular weight is 219 g/mol. The first kappa shape index (κ1) is 8.66. The summed E-state index contributed by atoms with van der Waals surface area (Å²) in [6, 6.07) is 2.85. The maximum Gasteiger partial charge on any atom is 0.143 e. The van der Waals surface area contributed by atoms with Gasteiger partial charge in [-0.15, -0.1) is 0 Å². The number of H-pyrrole nitrogens is 1. The standard InChI is InChI=1S/C8H5Cl2FN2/c9-5-1-4-7(2-6(5)11)12-3-8(4)13-10/h1-3,12-13H. The van der Waals surface area contributed by atoms with E-state index in [9.17, 15) is 4.39 Å². The Hall–Kier alpha value is -0.930. The van der Waals surface area contributed by atoms with Crippen molar-refractivity contribution in [2.24, 2.45) is 0 Å². The number of rotatable bonds is 1. The van der Waals surface area contributed by atoms with Gasteiger partial charge in [0.25, 0.3) is 0 Å². The monoisotopic (exact) mass is 218 g/mol. The Morgan fingerprint density at radius 1 is 1.38 bits per heavy atom. The highest BCUT2D eigenvalue weighted by Crippen LogP contribution is 2.28. The SMILES string of the molecule is Fc1cc2[nH]cc(NCl)c2cc1Cl. The fraction of sp³-hybridized carbons (Fsp3) is 0. The van der Waals surface area contributed by atoms with Gasteiger partial charge in [-0.05, 0) is 12.1 Å². The van der Waals surface area contributed by atoms with Gasteiger partial charge < -0.3 is 4.98 Å². The summed E-state index contributed by atoms with van der Waals surface area (Å²) in [5.74, 6) is -0.447. The first-order valence-corrected chi connectivity index (χ1v) is 4.30. The predicted molar refractivity (Wildman–Crippen MR) is 52.7 cm³/mol. The van der Waals surface area contributed by atoms with Crippen LogP contribution in [0.5, 0.6) is 0 Å². The molecule has 0 spiro atoms. The smallest absolute Gasteiger partial charge is 0.143 e. The van der Waals surface area contributed by atoms with Crippen molar-refractivity contribution in [2.45, 2.75) is 0 Å². The van der Waals surface area contributed by atoms with E-state index in [2.05, 4.69) is 9.82 Å². The Morgan fingerprint density at radius 3 is 2.85 bits per heavy atom. The van der Waals surface area contributed by atoms with Crippen LogP contribution in [0.25, 0.3) is 10.9 Å². The Kier molecular flexibility index (Phi) is 2.06. The Labute approximate surface area is 83.8 Å². The zero-order valence-electron chi connectivity index (χ0n) is 6.37. The van der Waals surface area contributed by atoms with Gasteiger partial charge in [0.2, 0.25) is 0 Å². The molecule has 13 heavy (non-hydrogen) atoms. The lowest BCUT2D eigenvalue weighted by molar-refractivity contribution is 0.630. The molecule has 0 saturated carbocycles. The van der Waals surface area contributed by atoms with Gasteiger partial charge in [0.15, 0.2) is 0 Å². The minimum absolute atomic E-state index is 0.0836. The molecule has 0 radical (unpaired) electrons. The Morgan fingerprint density at radius 2 is 2.15 bits per heavy atom. The molecule has 0 aliphatic carbocycles. The summed E-state index contributed by atoms with van der Waals surface area (Å²) in [5.41, 5.74) is 1.34. The molecule has 68 valence electrons. The number of nitrogens with one attached hydrogen (secondary N) is 2. The molecule has 5 heteroatoms. The van der Waals surface area contributed by atoms with E-state index in [0.29, 0.717) is 11.2 Å². The normalized spacial score (nSPS) is 10.7. The largest absolute Gasteiger partial charge is 0.359 e. The van der Waals surface area contributed by atoms with E-state index in [4.69, 9.17) is 23.4 Å². The highest BCUT2D eigenvalue weighted by molar-refractivity contribution is 6.32. The van der Waals surface area contributed by atoms with Gasteiger partial charge in [0.05, 0.1) is 16.2 Å². The summed E-state index contributed by atoms with van der Waals surface area (Å²) in [4.78, 5) is 5.32. The quantitative estimate of drug-likeness (QED) is 0.705. The molecule has 0 bridgehead atoms. The first-order valence-electron chi connectivity index (χ1n) is 3.55. The summed E-state index contributed by atoms with van der Waals surface area (Å²) < 4.78 is 13.0. The number of hydrogen-bond donors (Lipinski definition) is 2. The maximum absolute atomic E-state index is 13.0. The summed E-state index contributed by atoms with van der Waals surface area (Å²) >= 11 is 11.0. The van der Waals surface area contributed by atoms with Crippen LogP contribution >= 0.6 is 23.4 Å². The Bertz CT molecular complexity index is 453. The number of aromatic nitrogens is 1. The molecule has 1 heterocycles.